The van der Waals surface area contributed by atoms with Gasteiger partial charge in [-0.05, 0) is 48.2 Å². The van der Waals surface area contributed by atoms with Crippen molar-refractivity contribution >= 4 is 46.6 Å². The van der Waals surface area contributed by atoms with Crippen molar-refractivity contribution in [2.24, 2.45) is 0 Å². The summed E-state index contributed by atoms with van der Waals surface area (Å²) < 4.78 is 2.21. The number of hydrogen-bond donors (Lipinski definition) is 1. The molecule has 0 aliphatic carbocycles. The minimum absolute atomic E-state index is 0.0155. The molecule has 0 aliphatic heterocycles. The molecule has 0 saturated carbocycles. The Balaban J connectivity index is 2.17. The van der Waals surface area contributed by atoms with Crippen LogP contribution in [0.1, 0.15) is 42.1 Å². The molecule has 0 fully saturated rings. The summed E-state index contributed by atoms with van der Waals surface area (Å²) in [4.78, 5) is 4.85. The van der Waals surface area contributed by atoms with Crippen LogP contribution in [0.15, 0.2) is 46.6 Å². The van der Waals surface area contributed by atoms with E-state index in [1.165, 1.54) is 11.8 Å². The highest BCUT2D eigenvalue weighted by Crippen LogP contribution is 2.45. The van der Waals surface area contributed by atoms with Crippen LogP contribution in [-0.2, 0) is 13.2 Å². The number of aromatic nitrogens is 2. The van der Waals surface area contributed by atoms with Crippen LogP contribution in [0.25, 0.3) is 0 Å². The number of nitrogens with zero attached hydrogens (tertiary/aromatic N) is 2. The van der Waals surface area contributed by atoms with E-state index in [9.17, 15) is 5.11 Å². The summed E-state index contributed by atoms with van der Waals surface area (Å²) in [6.45, 7) is 6.94. The SMILES string of the molecule is Cc1c(CO)c(C(C)C)c(Sc2c(Cl)cc(Cl)cc2Cl)n1Cc1ccncc1. The van der Waals surface area contributed by atoms with Crippen LogP contribution in [0, 0.1) is 6.92 Å². The molecule has 2 aromatic heterocycles. The van der Waals surface area contributed by atoms with Gasteiger partial charge in [-0.25, -0.2) is 0 Å². The highest BCUT2D eigenvalue weighted by atomic mass is 35.5. The van der Waals surface area contributed by atoms with Crippen LogP contribution in [-0.4, -0.2) is 14.7 Å². The summed E-state index contributed by atoms with van der Waals surface area (Å²) in [7, 11) is 0. The molecule has 1 N–H and O–H groups in total. The van der Waals surface area contributed by atoms with Gasteiger partial charge >= 0.3 is 0 Å². The molecule has 28 heavy (non-hydrogen) atoms. The Labute approximate surface area is 184 Å². The fraction of sp³-hybridized carbons (Fsp3) is 0.286. The van der Waals surface area contributed by atoms with Gasteiger partial charge in [0.15, 0.2) is 0 Å². The molecular weight excluding hydrogens is 435 g/mol. The van der Waals surface area contributed by atoms with Gasteiger partial charge in [-0.3, -0.25) is 4.98 Å². The van der Waals surface area contributed by atoms with E-state index >= 15 is 0 Å². The van der Waals surface area contributed by atoms with Crippen molar-refractivity contribution in [3.63, 3.8) is 0 Å². The van der Waals surface area contributed by atoms with E-state index in [-0.39, 0.29) is 12.5 Å². The fourth-order valence-corrected chi connectivity index (χ4v) is 5.61. The maximum Gasteiger partial charge on any atom is 0.0841 e. The number of aliphatic hydroxyl groups excluding tert-OH is 1. The molecule has 0 aliphatic rings. The Morgan fingerprint density at radius 3 is 2.25 bits per heavy atom. The zero-order chi connectivity index (χ0) is 20.4. The zero-order valence-electron chi connectivity index (χ0n) is 15.8. The van der Waals surface area contributed by atoms with Crippen LogP contribution in [0.2, 0.25) is 15.1 Å². The standard InChI is InChI=1S/C21H21Cl3N2OS/c1-12(2)19-16(11-27)13(3)26(10-14-4-6-25-7-5-14)21(19)28-20-17(23)8-15(22)9-18(20)24/h4-9,12,27H,10-11H2,1-3H3. The minimum atomic E-state index is -0.0155. The Kier molecular flexibility index (Phi) is 7.00. The quantitative estimate of drug-likeness (QED) is 0.436. The normalized spacial score (nSPS) is 11.4. The van der Waals surface area contributed by atoms with Gasteiger partial charge in [0, 0.05) is 35.2 Å². The van der Waals surface area contributed by atoms with Gasteiger partial charge in [0.05, 0.1) is 26.6 Å². The lowest BCUT2D eigenvalue weighted by Gasteiger charge is -2.16. The van der Waals surface area contributed by atoms with E-state index in [4.69, 9.17) is 34.8 Å². The van der Waals surface area contributed by atoms with E-state index < -0.39 is 0 Å². The summed E-state index contributed by atoms with van der Waals surface area (Å²) in [6.07, 6.45) is 3.56. The van der Waals surface area contributed by atoms with Gasteiger partial charge in [-0.2, -0.15) is 0 Å². The van der Waals surface area contributed by atoms with Crippen molar-refractivity contribution in [1.82, 2.24) is 9.55 Å². The second kappa shape index (κ2) is 9.10. The highest BCUT2D eigenvalue weighted by Gasteiger charge is 2.24. The Morgan fingerprint density at radius 1 is 1.11 bits per heavy atom. The van der Waals surface area contributed by atoms with Crippen molar-refractivity contribution in [3.05, 3.63) is 74.1 Å². The largest absolute Gasteiger partial charge is 0.392 e. The first-order valence-electron chi connectivity index (χ1n) is 8.87. The lowest BCUT2D eigenvalue weighted by molar-refractivity contribution is 0.279. The van der Waals surface area contributed by atoms with E-state index in [1.54, 1.807) is 24.5 Å². The molecule has 0 radical (unpaired) electrons. The number of pyridine rings is 1. The van der Waals surface area contributed by atoms with Crippen LogP contribution in [0.5, 0.6) is 0 Å². The number of aliphatic hydroxyl groups is 1. The average Bonchev–Trinajstić information content (AvgIpc) is 2.90. The molecular formula is C21H21Cl3N2OS. The number of benzene rings is 1. The van der Waals surface area contributed by atoms with Gasteiger partial charge in [-0.1, -0.05) is 60.4 Å². The predicted octanol–water partition coefficient (Wildman–Crippen LogP) is 6.97. The minimum Gasteiger partial charge on any atom is -0.392 e. The predicted molar refractivity (Wildman–Crippen MR) is 118 cm³/mol. The van der Waals surface area contributed by atoms with Crippen LogP contribution >= 0.6 is 46.6 Å². The molecule has 3 aromatic rings. The van der Waals surface area contributed by atoms with E-state index in [1.807, 2.05) is 19.1 Å². The summed E-state index contributed by atoms with van der Waals surface area (Å²) >= 11 is 20.5. The van der Waals surface area contributed by atoms with Crippen LogP contribution in [0.4, 0.5) is 0 Å². The van der Waals surface area contributed by atoms with Gasteiger partial charge in [0.2, 0.25) is 0 Å². The van der Waals surface area contributed by atoms with Gasteiger partial charge in [0.25, 0.3) is 0 Å². The molecule has 0 atom stereocenters. The third-order valence-electron chi connectivity index (χ3n) is 4.63. The Bertz CT molecular complexity index is 964. The molecule has 148 valence electrons. The molecule has 1 aromatic carbocycles. The van der Waals surface area contributed by atoms with Crippen molar-refractivity contribution in [2.45, 2.75) is 49.8 Å². The zero-order valence-corrected chi connectivity index (χ0v) is 18.9. The molecule has 0 saturated heterocycles. The Hall–Kier alpha value is -1.17. The van der Waals surface area contributed by atoms with E-state index in [0.717, 1.165) is 32.3 Å². The van der Waals surface area contributed by atoms with Gasteiger partial charge in [0.1, 0.15) is 0 Å². The first-order valence-corrected chi connectivity index (χ1v) is 10.8. The first kappa shape index (κ1) is 21.5. The second-order valence-corrected chi connectivity index (χ2v) is 9.09. The van der Waals surface area contributed by atoms with Crippen LogP contribution < -0.4 is 0 Å². The second-order valence-electron chi connectivity index (χ2n) is 6.84. The summed E-state index contributed by atoms with van der Waals surface area (Å²) in [6, 6.07) is 7.37. The Morgan fingerprint density at radius 2 is 1.71 bits per heavy atom. The van der Waals surface area contributed by atoms with Crippen molar-refractivity contribution in [1.29, 1.82) is 0 Å². The molecule has 0 spiro atoms. The third-order valence-corrected chi connectivity index (χ3v) is 6.95. The van der Waals surface area contributed by atoms with Crippen LogP contribution in [0.3, 0.4) is 0 Å². The summed E-state index contributed by atoms with van der Waals surface area (Å²) in [5.41, 5.74) is 4.23. The summed E-state index contributed by atoms with van der Waals surface area (Å²) in [5.74, 6) is 0.229. The molecule has 3 nitrogen and oxygen atoms in total. The number of halogens is 3. The lowest BCUT2D eigenvalue weighted by Crippen LogP contribution is -2.04. The number of hydrogen-bond acceptors (Lipinski definition) is 3. The maximum atomic E-state index is 10.1. The molecule has 7 heteroatoms. The lowest BCUT2D eigenvalue weighted by atomic mass is 10.0. The summed E-state index contributed by atoms with van der Waals surface area (Å²) in [5, 5.41) is 12.6. The maximum absolute atomic E-state index is 10.1. The molecule has 0 unspecified atom stereocenters. The average molecular weight is 456 g/mol. The fourth-order valence-electron chi connectivity index (χ4n) is 3.27. The first-order chi connectivity index (χ1) is 13.3. The number of rotatable bonds is 6. The van der Waals surface area contributed by atoms with Gasteiger partial charge in [-0.15, -0.1) is 0 Å². The third kappa shape index (κ3) is 4.37. The van der Waals surface area contributed by atoms with E-state index in [2.05, 4.69) is 23.4 Å². The van der Waals surface area contributed by atoms with Crippen molar-refractivity contribution in [3.8, 4) is 0 Å². The van der Waals surface area contributed by atoms with E-state index in [0.29, 0.717) is 21.6 Å². The molecule has 3 rings (SSSR count). The monoisotopic (exact) mass is 454 g/mol. The molecule has 2 heterocycles. The molecule has 0 amide bonds. The van der Waals surface area contributed by atoms with Gasteiger partial charge < -0.3 is 9.67 Å². The van der Waals surface area contributed by atoms with Crippen molar-refractivity contribution < 1.29 is 5.11 Å². The smallest absolute Gasteiger partial charge is 0.0841 e. The highest BCUT2D eigenvalue weighted by molar-refractivity contribution is 7.99. The molecule has 0 bridgehead atoms. The van der Waals surface area contributed by atoms with Crippen molar-refractivity contribution in [2.75, 3.05) is 0 Å². The topological polar surface area (TPSA) is 38.0 Å².